The minimum atomic E-state index is 0. The second kappa shape index (κ2) is 19.6. The molecular weight excluding hydrogens is 382 g/mol. The molecule has 0 fully saturated rings. The van der Waals surface area contributed by atoms with E-state index in [4.69, 9.17) is 0 Å². The predicted octanol–water partition coefficient (Wildman–Crippen LogP) is 4.85. The van der Waals surface area contributed by atoms with E-state index < -0.39 is 0 Å². The van der Waals surface area contributed by atoms with Gasteiger partial charge in [0.15, 0.2) is 0 Å². The fourth-order valence-electron chi connectivity index (χ4n) is 1.50. The first-order valence-corrected chi connectivity index (χ1v) is 11.4. The number of halogens is 2. The Morgan fingerprint density at radius 1 is 1.15 bits per heavy atom. The van der Waals surface area contributed by atoms with E-state index in [-0.39, 0.29) is 39.7 Å². The zero-order valence-corrected chi connectivity index (χ0v) is 19.0. The van der Waals surface area contributed by atoms with Gasteiger partial charge in [-0.3, -0.25) is 12.2 Å². The quantitative estimate of drug-likeness (QED) is 0.395. The Labute approximate surface area is 156 Å². The van der Waals surface area contributed by atoms with Gasteiger partial charge in [-0.1, -0.05) is 26.7 Å². The van der Waals surface area contributed by atoms with Crippen molar-refractivity contribution in [2.24, 2.45) is 5.92 Å². The van der Waals surface area contributed by atoms with Gasteiger partial charge in [-0.25, -0.2) is 23.3 Å². The average Bonchev–Trinajstić information content (AvgIpc) is 2.80. The maximum atomic E-state index is 3.19. The molecule has 1 unspecified atom stereocenters. The summed E-state index contributed by atoms with van der Waals surface area (Å²) in [6, 6.07) is 0. The summed E-state index contributed by atoms with van der Waals surface area (Å²) in [5.74, 6) is 0.556. The Morgan fingerprint density at radius 2 is 1.65 bits per heavy atom. The Hall–Kier alpha value is 0.640. The van der Waals surface area contributed by atoms with Gasteiger partial charge in [-0.15, -0.1) is 38.2 Å². The third kappa shape index (κ3) is 16.7. The van der Waals surface area contributed by atoms with E-state index in [1.54, 1.807) is 23.3 Å². The molecule has 0 aromatic rings. The van der Waals surface area contributed by atoms with Crippen LogP contribution >= 0.6 is 24.8 Å². The summed E-state index contributed by atoms with van der Waals surface area (Å²) in [6.45, 7) is 10.4. The molecule has 2 aliphatic rings. The molecule has 0 nitrogen and oxygen atoms in total. The number of hydrogen-bond acceptors (Lipinski definition) is 0. The van der Waals surface area contributed by atoms with Crippen LogP contribution in [0.3, 0.4) is 0 Å². The van der Waals surface area contributed by atoms with Crippen LogP contribution in [0.5, 0.6) is 0 Å². The summed E-state index contributed by atoms with van der Waals surface area (Å²) in [5, 5.41) is 0. The van der Waals surface area contributed by atoms with E-state index in [9.17, 15) is 0 Å². The van der Waals surface area contributed by atoms with Crippen molar-refractivity contribution < 1.29 is 23.3 Å². The zero-order valence-electron chi connectivity index (χ0n) is 13.5. The van der Waals surface area contributed by atoms with Crippen LogP contribution in [0, 0.1) is 32.9 Å². The Bertz CT molecular complexity index is 344. The molecule has 0 saturated heterocycles. The summed E-state index contributed by atoms with van der Waals surface area (Å²) in [5.41, 5.74) is 4.06. The normalized spacial score (nSPS) is 16.8. The average molecular weight is 411 g/mol. The molecule has 4 heteroatoms. The molecule has 0 aromatic heterocycles. The standard InChI is InChI=1S/2C7H9.2CH3.2ClH.H2Si.Zr/c2*1-6-3-4-7(2)5-6;;;;;;/h5H,3H2,1-2H3;3,5,7H,1-2H3;2*1H3;2*1H;1H2;/q4*-1;;;;. The van der Waals surface area contributed by atoms with E-state index in [1.807, 2.05) is 13.0 Å². The van der Waals surface area contributed by atoms with E-state index in [1.165, 1.54) is 16.7 Å². The van der Waals surface area contributed by atoms with Crippen LogP contribution in [0.2, 0.25) is 0 Å². The van der Waals surface area contributed by atoms with Gasteiger partial charge < -0.3 is 14.9 Å². The van der Waals surface area contributed by atoms with Crippen molar-refractivity contribution >= 4 is 31.7 Å². The van der Waals surface area contributed by atoms with Crippen LogP contribution in [0.4, 0.5) is 0 Å². The topological polar surface area (TPSA) is 0 Å². The monoisotopic (exact) mass is 408 g/mol. The molecule has 2 aliphatic carbocycles. The molecule has 0 N–H and O–H groups in total. The fraction of sp³-hybridized carbons (Fsp3) is 0.375. The Morgan fingerprint density at radius 3 is 1.75 bits per heavy atom. The molecule has 2 rings (SSSR count). The first kappa shape index (κ1) is 32.5. The van der Waals surface area contributed by atoms with Gasteiger partial charge in [-0.05, 0) is 0 Å². The third-order valence-electron chi connectivity index (χ3n) is 2.20. The van der Waals surface area contributed by atoms with Gasteiger partial charge in [0, 0.05) is 0 Å². The van der Waals surface area contributed by atoms with E-state index in [0.717, 1.165) is 6.42 Å². The summed E-state index contributed by atoms with van der Waals surface area (Å²) < 4.78 is 0. The van der Waals surface area contributed by atoms with E-state index in [2.05, 4.69) is 52.0 Å². The summed E-state index contributed by atoms with van der Waals surface area (Å²) >= 11 is 1.58. The summed E-state index contributed by atoms with van der Waals surface area (Å²) in [6.07, 6.45) is 13.8. The first-order valence-electron chi connectivity index (χ1n) is 5.45. The van der Waals surface area contributed by atoms with Crippen LogP contribution in [0.1, 0.15) is 34.1 Å². The maximum absolute atomic E-state index is 3.19. The van der Waals surface area contributed by atoms with Crippen molar-refractivity contribution in [3.63, 3.8) is 0 Å². The first-order chi connectivity index (χ1) is 7.58. The van der Waals surface area contributed by atoms with Gasteiger partial charge in [0.2, 0.25) is 0 Å². The molecule has 20 heavy (non-hydrogen) atoms. The van der Waals surface area contributed by atoms with Gasteiger partial charge in [-0.2, -0.15) is 11.6 Å². The molecular formula is C16H28Cl2SiZr-4. The second-order valence-corrected chi connectivity index (χ2v) is 4.04. The van der Waals surface area contributed by atoms with E-state index in [0.29, 0.717) is 5.92 Å². The molecule has 0 spiro atoms. The molecule has 0 bridgehead atoms. The molecule has 118 valence electrons. The molecule has 0 heterocycles. The van der Waals surface area contributed by atoms with E-state index >= 15 is 0 Å². The summed E-state index contributed by atoms with van der Waals surface area (Å²) in [7, 11) is 0. The molecule has 0 amide bonds. The number of hydrogen-bond donors (Lipinski definition) is 0. The Kier molecular flexibility index (Phi) is 32.0. The van der Waals surface area contributed by atoms with Crippen LogP contribution in [0.25, 0.3) is 0 Å². The third-order valence-corrected chi connectivity index (χ3v) is 2.20. The van der Waals surface area contributed by atoms with Gasteiger partial charge in [0.1, 0.15) is 0 Å². The SMILES string of the molecule is CC1=CC(C)[C-]=C1.CC1=[C-]CC(C)=C1.Cl.Cl.[CH3-].[CH3-].[SiH2]=[Zr]. The zero-order chi connectivity index (χ0) is 12.6. The van der Waals surface area contributed by atoms with Crippen molar-refractivity contribution in [2.75, 3.05) is 0 Å². The van der Waals surface area contributed by atoms with Crippen LogP contribution < -0.4 is 0 Å². The molecule has 0 aromatic carbocycles. The van der Waals surface area contributed by atoms with Crippen LogP contribution in [0.15, 0.2) is 34.9 Å². The minimum absolute atomic E-state index is 0. The number of allylic oxidation sites excluding steroid dienone is 8. The molecule has 0 aliphatic heterocycles. The van der Waals surface area contributed by atoms with Crippen molar-refractivity contribution in [1.29, 1.82) is 0 Å². The van der Waals surface area contributed by atoms with Gasteiger partial charge >= 0.3 is 30.2 Å². The predicted molar refractivity (Wildman–Crippen MR) is 97.4 cm³/mol. The van der Waals surface area contributed by atoms with Gasteiger partial charge in [0.05, 0.1) is 0 Å². The van der Waals surface area contributed by atoms with Crippen molar-refractivity contribution in [2.45, 2.75) is 34.1 Å². The molecule has 0 saturated carbocycles. The molecule has 0 radical (unpaired) electrons. The molecule has 1 atom stereocenters. The van der Waals surface area contributed by atoms with Crippen molar-refractivity contribution in [3.8, 4) is 0 Å². The number of rotatable bonds is 0. The van der Waals surface area contributed by atoms with Crippen LogP contribution in [-0.2, 0) is 23.3 Å². The summed E-state index contributed by atoms with van der Waals surface area (Å²) in [4.78, 5) is 0. The van der Waals surface area contributed by atoms with Crippen LogP contribution in [-0.4, -0.2) is 6.88 Å². The van der Waals surface area contributed by atoms with Crippen molar-refractivity contribution in [1.82, 2.24) is 0 Å². The fourth-order valence-corrected chi connectivity index (χ4v) is 1.50. The van der Waals surface area contributed by atoms with Gasteiger partial charge in [0.25, 0.3) is 0 Å². The second-order valence-electron chi connectivity index (χ2n) is 4.04. The van der Waals surface area contributed by atoms with Crippen molar-refractivity contribution in [3.05, 3.63) is 62.0 Å². The Balaban J connectivity index is -0.0000000566.